The third-order valence-corrected chi connectivity index (χ3v) is 5.58. The number of nitrogens with zero attached hydrogens (tertiary/aromatic N) is 6. The van der Waals surface area contributed by atoms with Gasteiger partial charge in [-0.2, -0.15) is 0 Å². The normalized spacial score (nSPS) is 17.9. The van der Waals surface area contributed by atoms with E-state index in [-0.39, 0.29) is 11.7 Å². The van der Waals surface area contributed by atoms with Crippen LogP contribution in [0.1, 0.15) is 35.4 Å². The Morgan fingerprint density at radius 2 is 1.15 bits per heavy atom. The predicted molar refractivity (Wildman–Crippen MR) is 130 cm³/mol. The van der Waals surface area contributed by atoms with Crippen LogP contribution in [0.4, 0.5) is 11.4 Å². The van der Waals surface area contributed by atoms with Gasteiger partial charge in [0.2, 0.25) is 0 Å². The molecule has 0 spiro atoms. The highest BCUT2D eigenvalue weighted by Gasteiger charge is 2.28. The molecule has 3 aromatic rings. The van der Waals surface area contributed by atoms with E-state index in [1.807, 2.05) is 54.6 Å². The van der Waals surface area contributed by atoms with E-state index in [0.29, 0.717) is 24.2 Å². The summed E-state index contributed by atoms with van der Waals surface area (Å²) in [6.45, 7) is 0. The van der Waals surface area contributed by atoms with Gasteiger partial charge in [-0.05, 0) is 58.7 Å². The van der Waals surface area contributed by atoms with Gasteiger partial charge in [0, 0.05) is 32.3 Å². The average Bonchev–Trinajstić information content (AvgIpc) is 2.85. The smallest absolute Gasteiger partial charge is 0.185 e. The fraction of sp³-hybridized carbons (Fsp3) is 0.115. The van der Waals surface area contributed by atoms with E-state index < -0.39 is 0 Å². The van der Waals surface area contributed by atoms with E-state index in [4.69, 9.17) is 11.1 Å². The lowest BCUT2D eigenvalue weighted by Crippen LogP contribution is -2.19. The van der Waals surface area contributed by atoms with Crippen LogP contribution in [-0.2, 0) is 4.79 Å². The summed E-state index contributed by atoms with van der Waals surface area (Å²) in [5.74, 6) is 0.215. The summed E-state index contributed by atoms with van der Waals surface area (Å²) in [6, 6.07) is 24.5. The summed E-state index contributed by atoms with van der Waals surface area (Å²) < 4.78 is 0. The van der Waals surface area contributed by atoms with Crippen molar-refractivity contribution in [1.82, 2.24) is 0 Å². The lowest BCUT2D eigenvalue weighted by atomic mass is 9.77. The second-order valence-electron chi connectivity index (χ2n) is 7.75. The molecule has 0 aliphatic heterocycles. The minimum Gasteiger partial charge on any atom is -0.289 e. The number of carbonyl (C=O) groups is 1. The summed E-state index contributed by atoms with van der Waals surface area (Å²) >= 11 is 0. The highest BCUT2D eigenvalue weighted by atomic mass is 16.1. The van der Waals surface area contributed by atoms with E-state index in [1.165, 1.54) is 5.56 Å². The van der Waals surface area contributed by atoms with Crippen molar-refractivity contribution in [3.63, 3.8) is 0 Å². The Balaban J connectivity index is 1.70. The van der Waals surface area contributed by atoms with Crippen molar-refractivity contribution < 1.29 is 4.79 Å². The van der Waals surface area contributed by atoms with Crippen molar-refractivity contribution in [3.05, 3.63) is 128 Å². The van der Waals surface area contributed by atoms with E-state index in [2.05, 4.69) is 32.2 Å². The molecule has 3 aromatic carbocycles. The van der Waals surface area contributed by atoms with Crippen molar-refractivity contribution in [1.29, 1.82) is 0 Å². The van der Waals surface area contributed by atoms with Crippen LogP contribution in [0.2, 0.25) is 0 Å². The average molecular weight is 432 g/mol. The van der Waals surface area contributed by atoms with Gasteiger partial charge in [0.1, 0.15) is 0 Å². The molecule has 0 radical (unpaired) electrons. The molecule has 7 heteroatoms. The largest absolute Gasteiger partial charge is 0.289 e. The van der Waals surface area contributed by atoms with Crippen molar-refractivity contribution in [2.75, 3.05) is 0 Å². The highest BCUT2D eigenvalue weighted by molar-refractivity contribution is 6.14. The molecule has 0 atom stereocenters. The molecule has 4 rings (SSSR count). The molecule has 1 aliphatic carbocycles. The molecule has 1 saturated carbocycles. The third kappa shape index (κ3) is 5.38. The molecule has 1 aliphatic rings. The van der Waals surface area contributed by atoms with Gasteiger partial charge >= 0.3 is 0 Å². The topological polar surface area (TPSA) is 115 Å². The van der Waals surface area contributed by atoms with Crippen LogP contribution in [-0.4, -0.2) is 5.78 Å². The Kier molecular flexibility index (Phi) is 6.67. The first-order chi connectivity index (χ1) is 16.2. The first-order valence-corrected chi connectivity index (χ1v) is 10.5. The van der Waals surface area contributed by atoms with E-state index in [9.17, 15) is 4.79 Å². The summed E-state index contributed by atoms with van der Waals surface area (Å²) in [5, 5.41) is 7.19. The van der Waals surface area contributed by atoms with Crippen LogP contribution < -0.4 is 0 Å². The van der Waals surface area contributed by atoms with Crippen LogP contribution in [0.5, 0.6) is 0 Å². The molecule has 0 unspecified atom stereocenters. The van der Waals surface area contributed by atoms with Crippen molar-refractivity contribution in [2.24, 2.45) is 10.2 Å². The predicted octanol–water partition coefficient (Wildman–Crippen LogP) is 8.18. The first-order valence-electron chi connectivity index (χ1n) is 10.5. The summed E-state index contributed by atoms with van der Waals surface area (Å²) in [4.78, 5) is 19.0. The van der Waals surface area contributed by atoms with Crippen molar-refractivity contribution in [3.8, 4) is 0 Å². The molecule has 0 heterocycles. The Hall–Kier alpha value is -4.57. The van der Waals surface area contributed by atoms with Gasteiger partial charge in [-0.15, -0.1) is 0 Å². The summed E-state index contributed by atoms with van der Waals surface area (Å²) in [5.41, 5.74) is 22.7. The molecule has 7 nitrogen and oxygen atoms in total. The second-order valence-corrected chi connectivity index (χ2v) is 7.75. The van der Waals surface area contributed by atoms with Gasteiger partial charge in [-0.1, -0.05) is 89.1 Å². The maximum Gasteiger partial charge on any atom is 0.185 e. The first kappa shape index (κ1) is 21.7. The van der Waals surface area contributed by atoms with E-state index in [1.54, 1.807) is 24.3 Å². The quantitative estimate of drug-likeness (QED) is 0.172. The Morgan fingerprint density at radius 3 is 1.58 bits per heavy atom. The molecule has 0 amide bonds. The monoisotopic (exact) mass is 432 g/mol. The molecule has 0 N–H and O–H groups in total. The second kappa shape index (κ2) is 10.2. The summed E-state index contributed by atoms with van der Waals surface area (Å²) in [6.07, 6.45) is 5.12. The maximum atomic E-state index is 13.4. The molecule has 33 heavy (non-hydrogen) atoms. The number of hydrogen-bond acceptors (Lipinski definition) is 3. The molecule has 160 valence electrons. The van der Waals surface area contributed by atoms with Gasteiger partial charge in [-0.3, -0.25) is 4.79 Å². The zero-order valence-corrected chi connectivity index (χ0v) is 17.7. The van der Waals surface area contributed by atoms with Crippen LogP contribution >= 0.6 is 0 Å². The molecule has 1 fully saturated rings. The van der Waals surface area contributed by atoms with Crippen LogP contribution in [0.3, 0.4) is 0 Å². The maximum absolute atomic E-state index is 13.4. The number of carbonyl (C=O) groups excluding carboxylic acids is 1. The SMILES string of the molecule is [N-]=[N+]=Nc1ccc(C=C2CC(c3ccccc3)CC(=Cc3ccc(N=[N+]=[N-])cc3)C2=O)cc1. The standard InChI is InChI=1S/C26H20N6O/c27-31-29-24-10-6-18(7-11-24)14-22-16-21(20-4-2-1-3-5-20)17-23(26(22)33)15-19-8-12-25(13-9-19)30-32-28/h1-15,21H,16-17H2. The Morgan fingerprint density at radius 1 is 0.697 bits per heavy atom. The molecular formula is C26H20N6O. The van der Waals surface area contributed by atoms with Crippen LogP contribution in [0.25, 0.3) is 33.0 Å². The van der Waals surface area contributed by atoms with E-state index in [0.717, 1.165) is 22.3 Å². The molecular weight excluding hydrogens is 412 g/mol. The minimum atomic E-state index is 0.0282. The van der Waals surface area contributed by atoms with Crippen LogP contribution in [0, 0.1) is 0 Å². The number of azide groups is 2. The number of Topliss-reactive ketones (excluding diaryl/α,β-unsaturated/α-hetero) is 1. The lowest BCUT2D eigenvalue weighted by molar-refractivity contribution is -0.113. The molecule has 0 bridgehead atoms. The van der Waals surface area contributed by atoms with Gasteiger partial charge < -0.3 is 0 Å². The number of hydrogen-bond donors (Lipinski definition) is 0. The molecule has 0 saturated heterocycles. The lowest BCUT2D eigenvalue weighted by Gasteiger charge is -2.26. The highest BCUT2D eigenvalue weighted by Crippen LogP contribution is 2.38. The number of rotatable bonds is 5. The fourth-order valence-corrected chi connectivity index (χ4v) is 3.98. The van der Waals surface area contributed by atoms with Gasteiger partial charge in [0.05, 0.1) is 0 Å². The van der Waals surface area contributed by atoms with Crippen molar-refractivity contribution >= 4 is 29.3 Å². The third-order valence-electron chi connectivity index (χ3n) is 5.58. The number of ketones is 1. The zero-order chi connectivity index (χ0) is 23.0. The Labute approximate surface area is 191 Å². The van der Waals surface area contributed by atoms with E-state index >= 15 is 0 Å². The number of allylic oxidation sites excluding steroid dienone is 2. The Bertz CT molecular complexity index is 1230. The molecule has 0 aromatic heterocycles. The van der Waals surface area contributed by atoms with Crippen molar-refractivity contribution in [2.45, 2.75) is 18.8 Å². The number of benzene rings is 3. The van der Waals surface area contributed by atoms with Gasteiger partial charge in [0.15, 0.2) is 5.78 Å². The zero-order valence-electron chi connectivity index (χ0n) is 17.7. The summed E-state index contributed by atoms with van der Waals surface area (Å²) in [7, 11) is 0. The minimum absolute atomic E-state index is 0.0282. The van der Waals surface area contributed by atoms with Gasteiger partial charge in [0.25, 0.3) is 0 Å². The fourth-order valence-electron chi connectivity index (χ4n) is 3.98. The van der Waals surface area contributed by atoms with Crippen LogP contribution in [0.15, 0.2) is 100 Å². The van der Waals surface area contributed by atoms with Gasteiger partial charge in [-0.25, -0.2) is 0 Å².